The van der Waals surface area contributed by atoms with Crippen LogP contribution in [0.5, 0.6) is 0 Å². The highest BCUT2D eigenvalue weighted by atomic mass is 16.5. The Balaban J connectivity index is 0.999. The molecule has 0 amide bonds. The summed E-state index contributed by atoms with van der Waals surface area (Å²) in [6.45, 7) is 8.38. The lowest BCUT2D eigenvalue weighted by atomic mass is 9.36. The molecule has 10 rings (SSSR count). The molecule has 2 aromatic carbocycles. The molecule has 0 radical (unpaired) electrons. The minimum absolute atomic E-state index is 0.133. The molecule has 2 aromatic rings. The monoisotopic (exact) mass is 955 g/mol. The molecule has 6 fully saturated rings. The Labute approximate surface area is 420 Å². The van der Waals surface area contributed by atoms with Gasteiger partial charge in [-0.2, -0.15) is 0 Å². The number of aryl methyl sites for hydroxylation is 1. The van der Waals surface area contributed by atoms with Crippen molar-refractivity contribution < 1.29 is 34.4 Å². The minimum atomic E-state index is -1.53. The van der Waals surface area contributed by atoms with Crippen LogP contribution in [0, 0.1) is 74.9 Å². The van der Waals surface area contributed by atoms with E-state index >= 15 is 0 Å². The molecule has 70 heavy (non-hydrogen) atoms. The van der Waals surface area contributed by atoms with Gasteiger partial charge < -0.3 is 24.8 Å². The first-order chi connectivity index (χ1) is 33.6. The van der Waals surface area contributed by atoms with Gasteiger partial charge in [0, 0.05) is 31.3 Å². The number of benzene rings is 2. The predicted molar refractivity (Wildman–Crippen MR) is 275 cm³/mol. The molecule has 6 saturated carbocycles. The Kier molecular flexibility index (Phi) is 14.2. The van der Waals surface area contributed by atoms with Crippen molar-refractivity contribution in [2.75, 3.05) is 6.61 Å². The van der Waals surface area contributed by atoms with E-state index in [1.54, 1.807) is 11.6 Å². The number of fused-ring (bicyclic) bond motifs is 3. The lowest BCUT2D eigenvalue weighted by Gasteiger charge is -2.70. The summed E-state index contributed by atoms with van der Waals surface area (Å²) in [5.74, 6) is 8.21. The first-order valence-corrected chi connectivity index (χ1v) is 28.3. The quantitative estimate of drug-likeness (QED) is 0.113. The van der Waals surface area contributed by atoms with Gasteiger partial charge in [-0.05, 0) is 196 Å². The molecule has 4 bridgehead atoms. The molecule has 8 aliphatic rings. The Hall–Kier alpha value is -3.44. The third-order valence-electron chi connectivity index (χ3n) is 21.9. The van der Waals surface area contributed by atoms with E-state index in [4.69, 9.17) is 9.47 Å². The number of rotatable bonds is 16. The SMILES string of the molecule is CC(=O)O[C@@H]1C[C@@H](C)[C@](O)(CCC2=CC(=O)OC2)[C@@]2([C@@H](O)CC[C@H](C)CCCc3ccccc3)[C@@H](O)CC[C@@](C)([C@@H]3CC[C@]45C[C@@H](CC6(c7ccccc7)CCCC6)[C@@]6(CC[C@@H](CC#C[C@@H]3C4)C6)C5)[C@H]12. The average molecular weight is 955 g/mol. The zero-order chi connectivity index (χ0) is 48.9. The molecule has 7 heteroatoms. The van der Waals surface area contributed by atoms with Crippen molar-refractivity contribution in [3.8, 4) is 11.8 Å². The molecule has 7 nitrogen and oxygen atoms in total. The number of aliphatic hydroxyl groups is 3. The van der Waals surface area contributed by atoms with Crippen LogP contribution in [0.2, 0.25) is 0 Å². The van der Waals surface area contributed by atoms with Crippen molar-refractivity contribution in [3.63, 3.8) is 0 Å². The minimum Gasteiger partial charge on any atom is -0.462 e. The van der Waals surface area contributed by atoms with Crippen LogP contribution in [-0.2, 0) is 30.9 Å². The number of aliphatic hydroxyl groups excluding tert-OH is 2. The van der Waals surface area contributed by atoms with E-state index in [1.165, 1.54) is 76.7 Å². The summed E-state index contributed by atoms with van der Waals surface area (Å²) in [7, 11) is 0. The van der Waals surface area contributed by atoms with E-state index in [2.05, 4.69) is 86.4 Å². The molecule has 380 valence electrons. The molecule has 0 saturated heterocycles. The third-order valence-corrected chi connectivity index (χ3v) is 21.9. The van der Waals surface area contributed by atoms with Crippen molar-refractivity contribution in [2.45, 2.75) is 211 Å². The zero-order valence-electron chi connectivity index (χ0n) is 43.3. The summed E-state index contributed by atoms with van der Waals surface area (Å²) in [5.41, 5.74) is 1.15. The fourth-order valence-electron chi connectivity index (χ4n) is 18.8. The van der Waals surface area contributed by atoms with E-state index in [-0.39, 0.29) is 47.6 Å². The first kappa shape index (κ1) is 50.1. The standard InChI is InChI=1S/C63H86O7/c1-43(15-13-18-46-16-7-5-8-17-46)23-24-54(65)63-55(66)28-31-58(4,57(63)53(70-45(3)64)35-44(2)62(63,68)34-26-48-36-56(67)69-41-48)52-27-32-59-38-49(52)20-14-19-47-25-33-61(37-47,42-59)51(39-59)40-60(29-11-12-30-60)50-21-9-6-10-22-50/h5-10,16-17,21-22,36,43-44,47,49,51-55,57,65-66,68H,11-13,15,18-19,23-35,37-42H2,1-4H3/t43-,44-,47-,49-,51+,52-,53-,54+,55+,57+,58+,59-,61-,62-,63+/m1/s1. The number of esters is 2. The van der Waals surface area contributed by atoms with E-state index in [0.29, 0.717) is 55.3 Å². The van der Waals surface area contributed by atoms with Gasteiger partial charge in [0.15, 0.2) is 0 Å². The number of ether oxygens (including phenoxy) is 2. The Morgan fingerprint density at radius 3 is 2.40 bits per heavy atom. The van der Waals surface area contributed by atoms with Gasteiger partial charge in [-0.25, -0.2) is 4.79 Å². The van der Waals surface area contributed by atoms with Gasteiger partial charge in [-0.15, -0.1) is 5.92 Å². The summed E-state index contributed by atoms with van der Waals surface area (Å²) >= 11 is 0. The highest BCUT2D eigenvalue weighted by molar-refractivity contribution is 5.85. The summed E-state index contributed by atoms with van der Waals surface area (Å²) in [4.78, 5) is 25.7. The Morgan fingerprint density at radius 2 is 1.67 bits per heavy atom. The van der Waals surface area contributed by atoms with Crippen LogP contribution < -0.4 is 0 Å². The lowest BCUT2D eigenvalue weighted by molar-refractivity contribution is -0.328. The van der Waals surface area contributed by atoms with Crippen molar-refractivity contribution in [2.24, 2.45) is 63.1 Å². The second kappa shape index (κ2) is 19.8. The van der Waals surface area contributed by atoms with Crippen LogP contribution in [0.3, 0.4) is 0 Å². The Bertz CT molecular complexity index is 2270. The smallest absolute Gasteiger partial charge is 0.331 e. The predicted octanol–water partition coefficient (Wildman–Crippen LogP) is 12.4. The molecule has 0 unspecified atom stereocenters. The van der Waals surface area contributed by atoms with Crippen LogP contribution in [0.15, 0.2) is 72.3 Å². The van der Waals surface area contributed by atoms with Gasteiger partial charge in [0.25, 0.3) is 0 Å². The van der Waals surface area contributed by atoms with E-state index in [9.17, 15) is 24.9 Å². The van der Waals surface area contributed by atoms with Crippen molar-refractivity contribution >= 4 is 11.9 Å². The molecular weight excluding hydrogens is 869 g/mol. The topological polar surface area (TPSA) is 113 Å². The Morgan fingerprint density at radius 1 is 0.914 bits per heavy atom. The van der Waals surface area contributed by atoms with Gasteiger partial charge in [-0.1, -0.05) is 107 Å². The second-order valence-corrected chi connectivity index (χ2v) is 25.8. The normalized spacial score (nSPS) is 40.3. The highest BCUT2D eigenvalue weighted by Crippen LogP contribution is 2.74. The third kappa shape index (κ3) is 8.97. The van der Waals surface area contributed by atoms with Crippen LogP contribution in [0.1, 0.15) is 187 Å². The van der Waals surface area contributed by atoms with Crippen LogP contribution >= 0.6 is 0 Å². The number of hydrogen-bond acceptors (Lipinski definition) is 7. The average Bonchev–Trinajstić information content (AvgIpc) is 4.15. The zero-order valence-corrected chi connectivity index (χ0v) is 43.3. The number of hydrogen-bond donors (Lipinski definition) is 3. The van der Waals surface area contributed by atoms with Gasteiger partial charge in [0.1, 0.15) is 12.7 Å². The van der Waals surface area contributed by atoms with E-state index in [0.717, 1.165) is 56.9 Å². The number of carbonyl (C=O) groups excluding carboxylic acids is 2. The summed E-state index contributed by atoms with van der Waals surface area (Å²) in [5, 5.41) is 40.4. The van der Waals surface area contributed by atoms with E-state index < -0.39 is 46.6 Å². The maximum atomic E-state index is 14.0. The molecule has 2 spiro atoms. The first-order valence-electron chi connectivity index (χ1n) is 28.3. The number of cyclic esters (lactones) is 1. The molecular formula is C63H86O7. The van der Waals surface area contributed by atoms with Gasteiger partial charge in [0.05, 0.1) is 23.2 Å². The fraction of sp³-hybridized carbons (Fsp3) is 0.714. The van der Waals surface area contributed by atoms with Gasteiger partial charge >= 0.3 is 11.9 Å². The molecule has 15 atom stereocenters. The highest BCUT2D eigenvalue weighted by Gasteiger charge is 2.75. The lowest BCUT2D eigenvalue weighted by Crippen LogP contribution is -2.77. The molecule has 7 aliphatic carbocycles. The van der Waals surface area contributed by atoms with Crippen molar-refractivity contribution in [3.05, 3.63) is 83.4 Å². The second-order valence-electron chi connectivity index (χ2n) is 25.8. The van der Waals surface area contributed by atoms with Crippen molar-refractivity contribution in [1.82, 2.24) is 0 Å². The maximum Gasteiger partial charge on any atom is 0.331 e. The largest absolute Gasteiger partial charge is 0.462 e. The van der Waals surface area contributed by atoms with Gasteiger partial charge in [-0.3, -0.25) is 4.79 Å². The fourth-order valence-corrected chi connectivity index (χ4v) is 18.8. The van der Waals surface area contributed by atoms with Crippen LogP contribution in [0.25, 0.3) is 0 Å². The molecule has 3 N–H and O–H groups in total. The van der Waals surface area contributed by atoms with Crippen LogP contribution in [-0.4, -0.2) is 57.8 Å². The van der Waals surface area contributed by atoms with Gasteiger partial charge in [0.2, 0.25) is 0 Å². The van der Waals surface area contributed by atoms with Crippen LogP contribution in [0.4, 0.5) is 0 Å². The van der Waals surface area contributed by atoms with Crippen molar-refractivity contribution in [1.29, 1.82) is 0 Å². The molecule has 0 aromatic heterocycles. The maximum absolute atomic E-state index is 14.0. The summed E-state index contributed by atoms with van der Waals surface area (Å²) in [6, 6.07) is 22.2. The number of carbonyl (C=O) groups is 2. The summed E-state index contributed by atoms with van der Waals surface area (Å²) in [6.07, 6.45) is 22.7. The summed E-state index contributed by atoms with van der Waals surface area (Å²) < 4.78 is 11.9. The molecule has 1 aliphatic heterocycles. The van der Waals surface area contributed by atoms with E-state index in [1.807, 2.05) is 6.92 Å². The molecule has 1 heterocycles.